The fourth-order valence-electron chi connectivity index (χ4n) is 2.95. The molecule has 3 aromatic rings. The van der Waals surface area contributed by atoms with Gasteiger partial charge in [0.2, 0.25) is 10.0 Å². The van der Waals surface area contributed by atoms with E-state index < -0.39 is 10.0 Å². The van der Waals surface area contributed by atoms with Crippen molar-refractivity contribution in [2.75, 3.05) is 7.05 Å². The summed E-state index contributed by atoms with van der Waals surface area (Å²) in [5, 5.41) is 0. The summed E-state index contributed by atoms with van der Waals surface area (Å²) < 4.78 is 39.2. The van der Waals surface area contributed by atoms with Crippen molar-refractivity contribution in [2.45, 2.75) is 31.3 Å². The molecule has 30 heavy (non-hydrogen) atoms. The van der Waals surface area contributed by atoms with Crippen molar-refractivity contribution < 1.29 is 17.6 Å². The highest BCUT2D eigenvalue weighted by Gasteiger charge is 2.21. The van der Waals surface area contributed by atoms with E-state index >= 15 is 0 Å². The third kappa shape index (κ3) is 4.95. The first kappa shape index (κ1) is 22.1. The lowest BCUT2D eigenvalue weighted by Crippen LogP contribution is -2.36. The van der Waals surface area contributed by atoms with Gasteiger partial charge in [0.15, 0.2) is 0 Å². The number of sulfonamides is 1. The number of thiophene rings is 1. The van der Waals surface area contributed by atoms with Crippen LogP contribution in [-0.2, 0) is 16.6 Å². The normalized spacial score (nSPS) is 11.6. The van der Waals surface area contributed by atoms with Gasteiger partial charge in [-0.15, -0.1) is 11.3 Å². The number of amides is 1. The van der Waals surface area contributed by atoms with Crippen LogP contribution in [0.2, 0.25) is 0 Å². The monoisotopic (exact) mass is 446 g/mol. The molecule has 1 N–H and O–H groups in total. The molecule has 0 aliphatic carbocycles. The Morgan fingerprint density at radius 3 is 2.23 bits per heavy atom. The summed E-state index contributed by atoms with van der Waals surface area (Å²) in [5.74, 6) is -0.448. The number of benzene rings is 2. The Labute approximate surface area is 180 Å². The lowest BCUT2D eigenvalue weighted by Gasteiger charge is -2.26. The zero-order valence-corrected chi connectivity index (χ0v) is 18.6. The van der Waals surface area contributed by atoms with Crippen LogP contribution in [0, 0.1) is 5.82 Å². The summed E-state index contributed by atoms with van der Waals surface area (Å²) in [7, 11) is -2.21. The standard InChI is InChI=1S/C22H23FN2O3S2/c1-15(2)25(22(26)17-6-11-20(12-7-17)30(27,28)24-3)14-19-10-13-21(29-19)16-4-8-18(23)9-5-16/h4-13,15,24H,14H2,1-3H3. The molecule has 0 unspecified atom stereocenters. The SMILES string of the molecule is CNS(=O)(=O)c1ccc(C(=O)N(Cc2ccc(-c3ccc(F)cc3)s2)C(C)C)cc1. The predicted molar refractivity (Wildman–Crippen MR) is 117 cm³/mol. The summed E-state index contributed by atoms with van der Waals surface area (Å²) in [6.45, 7) is 4.30. The number of carbonyl (C=O) groups excluding carboxylic acids is 1. The molecule has 3 rings (SSSR count). The number of carbonyl (C=O) groups is 1. The molecular formula is C22H23FN2O3S2. The van der Waals surface area contributed by atoms with Gasteiger partial charge in [0, 0.05) is 21.4 Å². The predicted octanol–water partition coefficient (Wildman–Crippen LogP) is 4.51. The summed E-state index contributed by atoms with van der Waals surface area (Å²) in [6, 6.07) is 16.1. The maximum Gasteiger partial charge on any atom is 0.254 e. The van der Waals surface area contributed by atoms with Gasteiger partial charge in [-0.05, 0) is 75.0 Å². The molecule has 0 atom stereocenters. The van der Waals surface area contributed by atoms with Gasteiger partial charge in [-0.2, -0.15) is 0 Å². The van der Waals surface area contributed by atoms with E-state index in [9.17, 15) is 17.6 Å². The first-order valence-corrected chi connectivity index (χ1v) is 11.7. The van der Waals surface area contributed by atoms with Crippen molar-refractivity contribution in [3.63, 3.8) is 0 Å². The van der Waals surface area contributed by atoms with Gasteiger partial charge >= 0.3 is 0 Å². The first-order valence-electron chi connectivity index (χ1n) is 9.40. The second-order valence-corrected chi connectivity index (χ2v) is 10.1. The maximum absolute atomic E-state index is 13.2. The van der Waals surface area contributed by atoms with E-state index in [0.717, 1.165) is 15.3 Å². The van der Waals surface area contributed by atoms with Crippen molar-refractivity contribution in [2.24, 2.45) is 0 Å². The molecule has 0 spiro atoms. The van der Waals surface area contributed by atoms with Crippen LogP contribution in [0.3, 0.4) is 0 Å². The van der Waals surface area contributed by atoms with Gasteiger partial charge in [-0.25, -0.2) is 17.5 Å². The molecule has 158 valence electrons. The second-order valence-electron chi connectivity index (χ2n) is 7.03. The first-order chi connectivity index (χ1) is 14.2. The number of hydrogen-bond donors (Lipinski definition) is 1. The van der Waals surface area contributed by atoms with E-state index in [1.54, 1.807) is 28.4 Å². The zero-order valence-electron chi connectivity index (χ0n) is 16.9. The van der Waals surface area contributed by atoms with Crippen molar-refractivity contribution in [1.29, 1.82) is 0 Å². The highest BCUT2D eigenvalue weighted by molar-refractivity contribution is 7.89. The Morgan fingerprint density at radius 2 is 1.67 bits per heavy atom. The van der Waals surface area contributed by atoms with Crippen molar-refractivity contribution >= 4 is 27.3 Å². The summed E-state index contributed by atoms with van der Waals surface area (Å²) in [5.41, 5.74) is 1.35. The second kappa shape index (κ2) is 9.07. The molecule has 0 fully saturated rings. The number of rotatable bonds is 7. The molecule has 0 saturated heterocycles. The van der Waals surface area contributed by atoms with Crippen LogP contribution < -0.4 is 4.72 Å². The van der Waals surface area contributed by atoms with Gasteiger partial charge in [0.1, 0.15) is 5.82 Å². The maximum atomic E-state index is 13.2. The van der Waals surface area contributed by atoms with E-state index in [-0.39, 0.29) is 22.7 Å². The quantitative estimate of drug-likeness (QED) is 0.581. The van der Waals surface area contributed by atoms with Crippen LogP contribution in [0.4, 0.5) is 4.39 Å². The molecular weight excluding hydrogens is 423 g/mol. The molecule has 2 aromatic carbocycles. The van der Waals surface area contributed by atoms with E-state index in [1.807, 2.05) is 26.0 Å². The largest absolute Gasteiger partial charge is 0.331 e. The Bertz CT molecular complexity index is 1120. The average molecular weight is 447 g/mol. The molecule has 1 amide bonds. The smallest absolute Gasteiger partial charge is 0.254 e. The molecule has 1 aromatic heterocycles. The summed E-state index contributed by atoms with van der Waals surface area (Å²) in [6.07, 6.45) is 0. The minimum atomic E-state index is -3.55. The number of hydrogen-bond acceptors (Lipinski definition) is 4. The van der Waals surface area contributed by atoms with Crippen LogP contribution in [0.15, 0.2) is 65.6 Å². The number of nitrogens with one attached hydrogen (secondary N) is 1. The van der Waals surface area contributed by atoms with Gasteiger partial charge in [0.05, 0.1) is 11.4 Å². The average Bonchev–Trinajstić information content (AvgIpc) is 3.20. The molecule has 0 radical (unpaired) electrons. The van der Waals surface area contributed by atoms with Crippen LogP contribution in [0.5, 0.6) is 0 Å². The van der Waals surface area contributed by atoms with Crippen molar-refractivity contribution in [3.8, 4) is 10.4 Å². The minimum absolute atomic E-state index is 0.0467. The lowest BCUT2D eigenvalue weighted by molar-refractivity contribution is 0.0692. The fraction of sp³-hybridized carbons (Fsp3) is 0.227. The zero-order chi connectivity index (χ0) is 21.9. The molecule has 8 heteroatoms. The van der Waals surface area contributed by atoms with Gasteiger partial charge in [-0.3, -0.25) is 4.79 Å². The highest BCUT2D eigenvalue weighted by atomic mass is 32.2. The fourth-order valence-corrected chi connectivity index (χ4v) is 4.69. The van der Waals surface area contributed by atoms with Gasteiger partial charge < -0.3 is 4.90 Å². The van der Waals surface area contributed by atoms with Crippen LogP contribution in [0.25, 0.3) is 10.4 Å². The lowest BCUT2D eigenvalue weighted by atomic mass is 10.1. The van der Waals surface area contributed by atoms with Crippen LogP contribution in [-0.4, -0.2) is 32.3 Å². The number of nitrogens with zero attached hydrogens (tertiary/aromatic N) is 1. The Hall–Kier alpha value is -2.55. The van der Waals surface area contributed by atoms with Crippen LogP contribution >= 0.6 is 11.3 Å². The molecule has 5 nitrogen and oxygen atoms in total. The molecule has 1 heterocycles. The van der Waals surface area contributed by atoms with Gasteiger partial charge in [0.25, 0.3) is 5.91 Å². The molecule has 0 aliphatic rings. The minimum Gasteiger partial charge on any atom is -0.331 e. The molecule has 0 aliphatic heterocycles. The van der Waals surface area contributed by atoms with Crippen molar-refractivity contribution in [3.05, 3.63) is 76.9 Å². The van der Waals surface area contributed by atoms with E-state index in [2.05, 4.69) is 4.72 Å². The van der Waals surface area contributed by atoms with Crippen LogP contribution in [0.1, 0.15) is 29.1 Å². The Kier molecular flexibility index (Phi) is 6.70. The van der Waals surface area contributed by atoms with Gasteiger partial charge in [-0.1, -0.05) is 12.1 Å². The van der Waals surface area contributed by atoms with E-state index in [4.69, 9.17) is 0 Å². The van der Waals surface area contributed by atoms with Crippen molar-refractivity contribution in [1.82, 2.24) is 9.62 Å². The topological polar surface area (TPSA) is 66.5 Å². The molecule has 0 bridgehead atoms. The summed E-state index contributed by atoms with van der Waals surface area (Å²) in [4.78, 5) is 16.9. The third-order valence-electron chi connectivity index (χ3n) is 4.68. The third-order valence-corrected chi connectivity index (χ3v) is 7.23. The van der Waals surface area contributed by atoms with E-state index in [0.29, 0.717) is 12.1 Å². The highest BCUT2D eigenvalue weighted by Crippen LogP contribution is 2.29. The summed E-state index contributed by atoms with van der Waals surface area (Å²) >= 11 is 1.56. The molecule has 0 saturated carbocycles. The Balaban J connectivity index is 1.79. The van der Waals surface area contributed by atoms with E-state index in [1.165, 1.54) is 43.4 Å². The Morgan fingerprint density at radius 1 is 1.03 bits per heavy atom. The number of halogens is 1.